The van der Waals surface area contributed by atoms with Crippen molar-refractivity contribution < 1.29 is 4.39 Å². The van der Waals surface area contributed by atoms with Gasteiger partial charge >= 0.3 is 0 Å². The molecule has 2 nitrogen and oxygen atoms in total. The number of nitrogens with two attached hydrogens (primary N) is 1. The van der Waals surface area contributed by atoms with Crippen LogP contribution >= 0.6 is 27.5 Å². The molecule has 0 heterocycles. The van der Waals surface area contributed by atoms with Crippen LogP contribution in [-0.4, -0.2) is 0 Å². The van der Waals surface area contributed by atoms with E-state index in [1.807, 2.05) is 24.3 Å². The van der Waals surface area contributed by atoms with Gasteiger partial charge < -0.3 is 0 Å². The highest BCUT2D eigenvalue weighted by atomic mass is 79.9. The number of nitrogens with one attached hydrogen (secondary N) is 1. The summed E-state index contributed by atoms with van der Waals surface area (Å²) in [6.07, 6.45) is 0.523. The van der Waals surface area contributed by atoms with E-state index in [1.165, 1.54) is 12.1 Å². The zero-order chi connectivity index (χ0) is 13.8. The van der Waals surface area contributed by atoms with Crippen LogP contribution in [0.4, 0.5) is 4.39 Å². The molecule has 0 aromatic heterocycles. The van der Waals surface area contributed by atoms with Crippen LogP contribution in [0.2, 0.25) is 5.02 Å². The quantitative estimate of drug-likeness (QED) is 0.651. The monoisotopic (exact) mass is 342 g/mol. The first-order valence-corrected chi connectivity index (χ1v) is 6.93. The fourth-order valence-electron chi connectivity index (χ4n) is 1.89. The highest BCUT2D eigenvalue weighted by Gasteiger charge is 2.13. The van der Waals surface area contributed by atoms with Crippen molar-refractivity contribution in [2.45, 2.75) is 12.5 Å². The van der Waals surface area contributed by atoms with E-state index in [2.05, 4.69) is 21.4 Å². The van der Waals surface area contributed by atoms with Crippen molar-refractivity contribution >= 4 is 27.5 Å². The van der Waals surface area contributed by atoms with Gasteiger partial charge in [0, 0.05) is 9.50 Å². The highest BCUT2D eigenvalue weighted by Crippen LogP contribution is 2.25. The topological polar surface area (TPSA) is 38.0 Å². The molecule has 1 unspecified atom stereocenters. The van der Waals surface area contributed by atoms with Crippen molar-refractivity contribution in [2.75, 3.05) is 0 Å². The van der Waals surface area contributed by atoms with Crippen molar-refractivity contribution in [3.8, 4) is 0 Å². The van der Waals surface area contributed by atoms with Gasteiger partial charge in [-0.2, -0.15) is 0 Å². The van der Waals surface area contributed by atoms with E-state index in [4.69, 9.17) is 17.4 Å². The van der Waals surface area contributed by atoms with Crippen molar-refractivity contribution in [1.29, 1.82) is 0 Å². The molecule has 0 saturated carbocycles. The Morgan fingerprint density at radius 2 is 1.89 bits per heavy atom. The Labute approximate surface area is 124 Å². The zero-order valence-electron chi connectivity index (χ0n) is 10.0. The lowest BCUT2D eigenvalue weighted by molar-refractivity contribution is 0.548. The van der Waals surface area contributed by atoms with Crippen molar-refractivity contribution in [1.82, 2.24) is 5.43 Å². The first kappa shape index (κ1) is 14.5. The third-order valence-corrected chi connectivity index (χ3v) is 3.80. The van der Waals surface area contributed by atoms with E-state index in [0.29, 0.717) is 11.4 Å². The van der Waals surface area contributed by atoms with Crippen molar-refractivity contribution in [3.63, 3.8) is 0 Å². The lowest BCUT2D eigenvalue weighted by Crippen LogP contribution is -2.29. The Balaban J connectivity index is 2.23. The molecule has 0 bridgehead atoms. The van der Waals surface area contributed by atoms with Crippen LogP contribution in [0.5, 0.6) is 0 Å². The van der Waals surface area contributed by atoms with Gasteiger partial charge in [-0.1, -0.05) is 39.7 Å². The van der Waals surface area contributed by atoms with Crippen LogP contribution in [0.25, 0.3) is 0 Å². The summed E-state index contributed by atoms with van der Waals surface area (Å²) in [6, 6.07) is 12.0. The second kappa shape index (κ2) is 6.48. The number of hydrogen-bond donors (Lipinski definition) is 2. The smallest absolute Gasteiger partial charge is 0.123 e. The minimum Gasteiger partial charge on any atom is -0.271 e. The lowest BCUT2D eigenvalue weighted by atomic mass is 9.99. The maximum atomic E-state index is 13.2. The Morgan fingerprint density at radius 3 is 2.53 bits per heavy atom. The van der Waals surface area contributed by atoms with Crippen LogP contribution in [0.1, 0.15) is 17.2 Å². The average Bonchev–Trinajstić information content (AvgIpc) is 2.41. The Kier molecular flexibility index (Phi) is 4.93. The second-order valence-electron chi connectivity index (χ2n) is 4.21. The molecule has 0 radical (unpaired) electrons. The van der Waals surface area contributed by atoms with Gasteiger partial charge in [-0.15, -0.1) is 0 Å². The van der Waals surface area contributed by atoms with Gasteiger partial charge in [-0.25, -0.2) is 4.39 Å². The molecule has 2 aromatic rings. The highest BCUT2D eigenvalue weighted by molar-refractivity contribution is 9.10. The summed E-state index contributed by atoms with van der Waals surface area (Å²) in [4.78, 5) is 0. The molecular formula is C14H13BrClFN2. The minimum atomic E-state index is -0.300. The van der Waals surface area contributed by atoms with Gasteiger partial charge in [0.25, 0.3) is 0 Å². The fourth-order valence-corrected chi connectivity index (χ4v) is 2.35. The van der Waals surface area contributed by atoms with Gasteiger partial charge in [0.2, 0.25) is 0 Å². The predicted molar refractivity (Wildman–Crippen MR) is 79.3 cm³/mol. The van der Waals surface area contributed by atoms with Crippen LogP contribution in [0.3, 0.4) is 0 Å². The summed E-state index contributed by atoms with van der Waals surface area (Å²) in [7, 11) is 0. The normalized spacial score (nSPS) is 12.4. The zero-order valence-corrected chi connectivity index (χ0v) is 12.4. The summed E-state index contributed by atoms with van der Waals surface area (Å²) in [5, 5.41) is 0.541. The maximum Gasteiger partial charge on any atom is 0.123 e. The van der Waals surface area contributed by atoms with Crippen LogP contribution < -0.4 is 11.3 Å². The molecule has 0 fully saturated rings. The first-order valence-electron chi connectivity index (χ1n) is 5.75. The molecule has 0 amide bonds. The summed E-state index contributed by atoms with van der Waals surface area (Å²) in [5.41, 5.74) is 4.49. The summed E-state index contributed by atoms with van der Waals surface area (Å²) in [6.45, 7) is 0. The molecule has 1 atom stereocenters. The number of hydrogen-bond acceptors (Lipinski definition) is 2. The van der Waals surface area contributed by atoms with E-state index >= 15 is 0 Å². The van der Waals surface area contributed by atoms with Crippen molar-refractivity contribution in [3.05, 3.63) is 68.9 Å². The van der Waals surface area contributed by atoms with Crippen LogP contribution in [0.15, 0.2) is 46.9 Å². The van der Waals surface area contributed by atoms with E-state index in [0.717, 1.165) is 15.6 Å². The molecule has 19 heavy (non-hydrogen) atoms. The molecule has 2 aromatic carbocycles. The van der Waals surface area contributed by atoms with Gasteiger partial charge in [0.05, 0.1) is 6.04 Å². The molecule has 0 spiro atoms. The number of hydrazine groups is 1. The summed E-state index contributed by atoms with van der Waals surface area (Å²) >= 11 is 9.45. The molecular weight excluding hydrogens is 331 g/mol. The average molecular weight is 344 g/mol. The third kappa shape index (κ3) is 3.76. The fraction of sp³-hybridized carbons (Fsp3) is 0.143. The van der Waals surface area contributed by atoms with Crippen LogP contribution in [-0.2, 0) is 6.42 Å². The standard InChI is InChI=1S/C14H13BrClFN2/c15-11-3-1-9(2-4-11)14(19-18)8-10-7-12(17)5-6-13(10)16/h1-7,14,19H,8,18H2. The van der Waals surface area contributed by atoms with Gasteiger partial charge in [-0.05, 0) is 47.9 Å². The number of halogens is 3. The molecule has 0 saturated heterocycles. The van der Waals surface area contributed by atoms with E-state index in [-0.39, 0.29) is 11.9 Å². The van der Waals surface area contributed by atoms with Gasteiger partial charge in [-0.3, -0.25) is 11.3 Å². The molecule has 2 rings (SSSR count). The van der Waals surface area contributed by atoms with E-state index in [1.54, 1.807) is 6.07 Å². The molecule has 3 N–H and O–H groups in total. The SMILES string of the molecule is NNC(Cc1cc(F)ccc1Cl)c1ccc(Br)cc1. The Hall–Kier alpha value is -0.940. The molecule has 5 heteroatoms. The Morgan fingerprint density at radius 1 is 1.21 bits per heavy atom. The molecule has 0 aliphatic carbocycles. The maximum absolute atomic E-state index is 13.2. The third-order valence-electron chi connectivity index (χ3n) is 2.91. The van der Waals surface area contributed by atoms with E-state index in [9.17, 15) is 4.39 Å². The van der Waals surface area contributed by atoms with Gasteiger partial charge in [0.1, 0.15) is 5.82 Å². The van der Waals surface area contributed by atoms with Crippen LogP contribution in [0, 0.1) is 5.82 Å². The molecule has 0 aliphatic heterocycles. The first-order chi connectivity index (χ1) is 9.10. The van der Waals surface area contributed by atoms with E-state index < -0.39 is 0 Å². The minimum absolute atomic E-state index is 0.118. The lowest BCUT2D eigenvalue weighted by Gasteiger charge is -2.17. The summed E-state index contributed by atoms with van der Waals surface area (Å²) < 4.78 is 14.2. The predicted octanol–water partition coefficient (Wildman–Crippen LogP) is 3.99. The van der Waals surface area contributed by atoms with Crippen molar-refractivity contribution in [2.24, 2.45) is 5.84 Å². The summed E-state index contributed by atoms with van der Waals surface area (Å²) in [5.74, 6) is 5.28. The number of rotatable bonds is 4. The largest absolute Gasteiger partial charge is 0.271 e. The Bertz CT molecular complexity index is 560. The number of benzene rings is 2. The van der Waals surface area contributed by atoms with Gasteiger partial charge in [0.15, 0.2) is 0 Å². The molecule has 0 aliphatic rings. The molecule has 100 valence electrons. The second-order valence-corrected chi connectivity index (χ2v) is 5.53.